The van der Waals surface area contributed by atoms with Crippen LogP contribution in [0.2, 0.25) is 0 Å². The zero-order valence-electron chi connectivity index (χ0n) is 35.4. The minimum absolute atomic E-state index is 0.0590. The molecule has 0 aromatic heterocycles. The second kappa shape index (κ2) is 17.6. The third-order valence-corrected chi connectivity index (χ3v) is 13.2. The quantitative estimate of drug-likeness (QED) is 0.105. The molecule has 15 nitrogen and oxygen atoms in total. The Balaban J connectivity index is 1.43. The van der Waals surface area contributed by atoms with Gasteiger partial charge >= 0.3 is 23.9 Å². The van der Waals surface area contributed by atoms with Crippen LogP contribution in [0.25, 0.3) is 0 Å². The highest BCUT2D eigenvalue weighted by Crippen LogP contribution is 2.61. The van der Waals surface area contributed by atoms with Gasteiger partial charge in [-0.25, -0.2) is 9.59 Å². The highest BCUT2D eigenvalue weighted by molar-refractivity contribution is 5.96. The first kappa shape index (κ1) is 45.8. The molecule has 1 amide bonds. The number of hydrogen-bond donors (Lipinski definition) is 5. The number of ketones is 1. The molecule has 0 heterocycles. The fraction of sp³-hybridized carbons (Fsp3) is 0.447. The molecule has 0 spiro atoms. The highest BCUT2D eigenvalue weighted by Gasteiger charge is 2.71. The Labute approximate surface area is 359 Å². The standard InChI is InChI=1S/C47H53NO14/c1-26-32(62-43(56)38(52)37(29-16-10-7-11-17-29)48-41(54)30-18-12-8-13-19-30)23-46(57)24-33-45(6,40(53)39(61-28(3)50)36(26)44(46,4)5)34(51)22-35(60-27(2)49)47(33,58)25-59-42(55)31-20-14-9-15-21-31/h7-21,32-35,37-39,51-52,57-58H,22-25H2,1-6H3,(H,48,54)/t32-,33?,34-,35-,37-,38+,39+,45-,46+,47+/m0/s1. The number of ether oxygens (including phenoxy) is 4. The summed E-state index contributed by atoms with van der Waals surface area (Å²) in [5.41, 5.74) is -7.09. The number of Topliss-reactive ketones (excluding diaryl/α,β-unsaturated/α-hetero) is 1. The molecule has 0 aliphatic heterocycles. The van der Waals surface area contributed by atoms with Crippen molar-refractivity contribution in [1.29, 1.82) is 0 Å². The van der Waals surface area contributed by atoms with Crippen molar-refractivity contribution < 1.29 is 68.1 Å². The Kier molecular flexibility index (Phi) is 13.0. The number of rotatable bonds is 11. The number of carbonyl (C=O) groups excluding carboxylic acids is 6. The van der Waals surface area contributed by atoms with Gasteiger partial charge in [0.25, 0.3) is 5.91 Å². The number of benzene rings is 3. The molecule has 3 aromatic carbocycles. The van der Waals surface area contributed by atoms with Crippen LogP contribution >= 0.6 is 0 Å². The van der Waals surface area contributed by atoms with E-state index < -0.39 is 126 Å². The Morgan fingerprint density at radius 2 is 1.34 bits per heavy atom. The van der Waals surface area contributed by atoms with E-state index in [2.05, 4.69) is 5.32 Å². The van der Waals surface area contributed by atoms with Gasteiger partial charge in [0.1, 0.15) is 24.4 Å². The van der Waals surface area contributed by atoms with E-state index in [0.29, 0.717) is 5.56 Å². The van der Waals surface area contributed by atoms with Crippen LogP contribution in [0, 0.1) is 16.7 Å². The predicted molar refractivity (Wildman–Crippen MR) is 220 cm³/mol. The molecule has 1 unspecified atom stereocenters. The fourth-order valence-electron chi connectivity index (χ4n) is 9.56. The molecule has 0 saturated heterocycles. The van der Waals surface area contributed by atoms with Crippen LogP contribution in [-0.2, 0) is 38.1 Å². The van der Waals surface area contributed by atoms with Crippen molar-refractivity contribution in [3.05, 3.63) is 119 Å². The molecule has 62 heavy (non-hydrogen) atoms. The van der Waals surface area contributed by atoms with Crippen LogP contribution in [0.4, 0.5) is 0 Å². The molecular formula is C47H53NO14. The van der Waals surface area contributed by atoms with Crippen LogP contribution in [0.15, 0.2) is 102 Å². The molecule has 3 aliphatic carbocycles. The minimum atomic E-state index is -2.46. The van der Waals surface area contributed by atoms with Gasteiger partial charge in [-0.2, -0.15) is 0 Å². The number of amides is 1. The molecule has 3 aromatic rings. The summed E-state index contributed by atoms with van der Waals surface area (Å²) >= 11 is 0. The monoisotopic (exact) mass is 855 g/mol. The lowest BCUT2D eigenvalue weighted by atomic mass is 9.46. The summed E-state index contributed by atoms with van der Waals surface area (Å²) in [6.07, 6.45) is -9.94. The summed E-state index contributed by atoms with van der Waals surface area (Å²) in [6.45, 7) is 7.35. The summed E-state index contributed by atoms with van der Waals surface area (Å²) in [6, 6.07) is 22.9. The van der Waals surface area contributed by atoms with Gasteiger partial charge in [0.2, 0.25) is 0 Å². The van der Waals surface area contributed by atoms with E-state index in [1.54, 1.807) is 92.7 Å². The molecule has 5 N–H and O–H groups in total. The SMILES string of the molecule is CC(=O)O[C@H]1C(=O)[C@@]2(C)C(C[C@]3(O)C[C@H](OC(=O)[C@H](O)[C@@H](NC(=O)c4ccccc4)c4ccccc4)C(C)=C1C3(C)C)[C@](O)(COC(=O)c1ccccc1)[C@@H](OC(C)=O)C[C@@H]2O. The maximum atomic E-state index is 15.2. The van der Waals surface area contributed by atoms with E-state index >= 15 is 4.79 Å². The maximum Gasteiger partial charge on any atom is 0.338 e. The first-order chi connectivity index (χ1) is 29.2. The zero-order valence-corrected chi connectivity index (χ0v) is 35.4. The average molecular weight is 856 g/mol. The molecule has 330 valence electrons. The van der Waals surface area contributed by atoms with Crippen molar-refractivity contribution in [3.63, 3.8) is 0 Å². The third-order valence-electron chi connectivity index (χ3n) is 13.2. The second-order valence-corrected chi connectivity index (χ2v) is 17.2. The van der Waals surface area contributed by atoms with Crippen molar-refractivity contribution in [2.24, 2.45) is 16.7 Å². The predicted octanol–water partition coefficient (Wildman–Crippen LogP) is 3.72. The lowest BCUT2D eigenvalue weighted by Gasteiger charge is -2.62. The van der Waals surface area contributed by atoms with E-state index in [1.807, 2.05) is 0 Å². The van der Waals surface area contributed by atoms with E-state index in [1.165, 1.54) is 26.0 Å². The van der Waals surface area contributed by atoms with E-state index in [-0.39, 0.29) is 22.3 Å². The lowest BCUT2D eigenvalue weighted by Crippen LogP contribution is -2.73. The third kappa shape index (κ3) is 8.41. The Hall–Kier alpha value is -5.74. The molecule has 2 fully saturated rings. The Morgan fingerprint density at radius 1 is 0.790 bits per heavy atom. The Bertz CT molecular complexity index is 2230. The van der Waals surface area contributed by atoms with Gasteiger partial charge in [-0.15, -0.1) is 0 Å². The summed E-state index contributed by atoms with van der Waals surface area (Å²) < 4.78 is 23.0. The van der Waals surface area contributed by atoms with Crippen molar-refractivity contribution in [2.45, 2.75) is 109 Å². The number of aliphatic hydroxyl groups is 4. The normalized spacial score (nSPS) is 30.0. The van der Waals surface area contributed by atoms with E-state index in [4.69, 9.17) is 18.9 Å². The smallest absolute Gasteiger partial charge is 0.338 e. The molecule has 15 heteroatoms. The summed E-state index contributed by atoms with van der Waals surface area (Å²) in [5.74, 6) is -6.89. The van der Waals surface area contributed by atoms with Gasteiger partial charge in [0.05, 0.1) is 28.7 Å². The van der Waals surface area contributed by atoms with Gasteiger partial charge in [0.15, 0.2) is 18.0 Å². The van der Waals surface area contributed by atoms with Crippen molar-refractivity contribution >= 4 is 35.6 Å². The zero-order chi connectivity index (χ0) is 45.4. The van der Waals surface area contributed by atoms with E-state index in [9.17, 15) is 44.4 Å². The van der Waals surface area contributed by atoms with Gasteiger partial charge < -0.3 is 44.7 Å². The summed E-state index contributed by atoms with van der Waals surface area (Å²) in [5, 5.41) is 52.3. The topological polar surface area (TPSA) is 232 Å². The van der Waals surface area contributed by atoms with Gasteiger partial charge in [0, 0.05) is 43.6 Å². The number of nitrogens with one attached hydrogen (secondary N) is 1. The maximum absolute atomic E-state index is 15.2. The van der Waals surface area contributed by atoms with E-state index in [0.717, 1.165) is 13.8 Å². The van der Waals surface area contributed by atoms with Crippen LogP contribution in [0.1, 0.15) is 93.1 Å². The summed E-state index contributed by atoms with van der Waals surface area (Å²) in [7, 11) is 0. The largest absolute Gasteiger partial charge is 0.459 e. The number of aliphatic hydroxyl groups excluding tert-OH is 2. The highest BCUT2D eigenvalue weighted by atomic mass is 16.6. The second-order valence-electron chi connectivity index (χ2n) is 17.2. The number of fused-ring (bicyclic) bond motifs is 3. The van der Waals surface area contributed by atoms with Crippen LogP contribution < -0.4 is 5.32 Å². The van der Waals surface area contributed by atoms with Crippen LogP contribution in [-0.4, -0.2) is 104 Å². The van der Waals surface area contributed by atoms with Crippen molar-refractivity contribution in [1.82, 2.24) is 5.32 Å². The Morgan fingerprint density at radius 3 is 1.90 bits per heavy atom. The van der Waals surface area contributed by atoms with Gasteiger partial charge in [-0.3, -0.25) is 19.2 Å². The fourth-order valence-corrected chi connectivity index (χ4v) is 9.56. The van der Waals surface area contributed by atoms with Crippen molar-refractivity contribution in [3.8, 4) is 0 Å². The molecule has 3 aliphatic rings. The number of esters is 4. The molecule has 2 bridgehead atoms. The molecule has 0 radical (unpaired) electrons. The van der Waals surface area contributed by atoms with Crippen LogP contribution in [0.5, 0.6) is 0 Å². The van der Waals surface area contributed by atoms with Crippen LogP contribution in [0.3, 0.4) is 0 Å². The lowest BCUT2D eigenvalue weighted by molar-refractivity contribution is -0.255. The molecule has 10 atom stereocenters. The van der Waals surface area contributed by atoms with Gasteiger partial charge in [-0.05, 0) is 61.2 Å². The van der Waals surface area contributed by atoms with Crippen molar-refractivity contribution in [2.75, 3.05) is 6.61 Å². The molecule has 2 saturated carbocycles. The number of carbonyl (C=O) groups is 6. The average Bonchev–Trinajstić information content (AvgIpc) is 3.24. The van der Waals surface area contributed by atoms with Gasteiger partial charge in [-0.1, -0.05) is 80.6 Å². The number of hydrogen-bond acceptors (Lipinski definition) is 14. The molecule has 6 rings (SSSR count). The molecular weight excluding hydrogens is 803 g/mol. The first-order valence-corrected chi connectivity index (χ1v) is 20.4. The summed E-state index contributed by atoms with van der Waals surface area (Å²) in [4.78, 5) is 81.4. The first-order valence-electron chi connectivity index (χ1n) is 20.4. The minimum Gasteiger partial charge on any atom is -0.459 e.